The first-order valence-electron chi connectivity index (χ1n) is 8.16. The Morgan fingerprint density at radius 2 is 2.08 bits per heavy atom. The Bertz CT molecular complexity index is 1080. The lowest BCUT2D eigenvalue weighted by Gasteiger charge is -2.17. The zero-order chi connectivity index (χ0) is 18.3. The first kappa shape index (κ1) is 16.5. The lowest BCUT2D eigenvalue weighted by atomic mass is 10.1. The molecule has 1 aromatic carbocycles. The first-order chi connectivity index (χ1) is 12.5. The van der Waals surface area contributed by atoms with Crippen LogP contribution in [0.5, 0.6) is 0 Å². The molecule has 0 unspecified atom stereocenters. The Balaban J connectivity index is 1.79. The van der Waals surface area contributed by atoms with Crippen molar-refractivity contribution in [2.45, 2.75) is 27.3 Å². The van der Waals surface area contributed by atoms with Crippen LogP contribution in [0.3, 0.4) is 0 Å². The third-order valence-corrected chi connectivity index (χ3v) is 5.06. The lowest BCUT2D eigenvalue weighted by Crippen LogP contribution is -2.30. The number of carbonyl (C=O) groups excluding carboxylic acids is 1. The van der Waals surface area contributed by atoms with Gasteiger partial charge in [0, 0.05) is 6.07 Å². The summed E-state index contributed by atoms with van der Waals surface area (Å²) in [4.78, 5) is 19.3. The van der Waals surface area contributed by atoms with Gasteiger partial charge in [-0.3, -0.25) is 9.69 Å². The van der Waals surface area contributed by atoms with E-state index in [0.717, 1.165) is 15.8 Å². The van der Waals surface area contributed by atoms with Gasteiger partial charge in [-0.05, 0) is 50.1 Å². The van der Waals surface area contributed by atoms with E-state index in [4.69, 9.17) is 13.9 Å². The predicted molar refractivity (Wildman–Crippen MR) is 99.6 cm³/mol. The number of anilines is 1. The maximum atomic E-state index is 13.0. The van der Waals surface area contributed by atoms with Crippen molar-refractivity contribution in [2.75, 3.05) is 4.90 Å². The monoisotopic (exact) mass is 367 g/mol. The molecule has 26 heavy (non-hydrogen) atoms. The number of amides is 1. The highest BCUT2D eigenvalue weighted by Gasteiger charge is 2.25. The van der Waals surface area contributed by atoms with Crippen LogP contribution in [-0.2, 0) is 6.54 Å². The van der Waals surface area contributed by atoms with Crippen molar-refractivity contribution in [1.29, 1.82) is 0 Å². The number of thiazole rings is 1. The van der Waals surface area contributed by atoms with E-state index in [1.165, 1.54) is 16.9 Å². The highest BCUT2D eigenvalue weighted by Crippen LogP contribution is 2.33. The fourth-order valence-corrected chi connectivity index (χ4v) is 4.00. The Kier molecular flexibility index (Phi) is 4.08. The molecule has 0 fully saturated rings. The predicted octanol–water partition coefficient (Wildman–Crippen LogP) is 4.65. The molecule has 1 amide bonds. The van der Waals surface area contributed by atoms with Gasteiger partial charge in [0.15, 0.2) is 10.8 Å². The quantitative estimate of drug-likeness (QED) is 0.525. The average molecular weight is 367 g/mol. The van der Waals surface area contributed by atoms with Gasteiger partial charge in [0.05, 0.1) is 23.0 Å². The molecule has 3 aromatic heterocycles. The summed E-state index contributed by atoms with van der Waals surface area (Å²) in [5.74, 6) is 0.986. The van der Waals surface area contributed by atoms with Crippen LogP contribution < -0.4 is 4.90 Å². The SMILES string of the molecule is Cc1cc(C)c2nc(N(Cc3ccco3)C(=O)c3cc(C)on3)sc2c1. The molecular weight excluding hydrogens is 350 g/mol. The second-order valence-corrected chi connectivity index (χ2v) is 7.23. The maximum Gasteiger partial charge on any atom is 0.282 e. The summed E-state index contributed by atoms with van der Waals surface area (Å²) < 4.78 is 11.5. The van der Waals surface area contributed by atoms with E-state index < -0.39 is 0 Å². The van der Waals surface area contributed by atoms with Gasteiger partial charge in [0.1, 0.15) is 11.5 Å². The number of carbonyl (C=O) groups is 1. The van der Waals surface area contributed by atoms with Gasteiger partial charge in [0.25, 0.3) is 5.91 Å². The van der Waals surface area contributed by atoms with Gasteiger partial charge in [-0.1, -0.05) is 22.6 Å². The van der Waals surface area contributed by atoms with Crippen LogP contribution in [-0.4, -0.2) is 16.0 Å². The third kappa shape index (κ3) is 3.01. The molecular formula is C19H17N3O3S. The fraction of sp³-hybridized carbons (Fsp3) is 0.211. The summed E-state index contributed by atoms with van der Waals surface area (Å²) in [6.07, 6.45) is 1.59. The van der Waals surface area contributed by atoms with Crippen LogP contribution in [0, 0.1) is 20.8 Å². The summed E-state index contributed by atoms with van der Waals surface area (Å²) in [6.45, 7) is 6.11. The second kappa shape index (κ2) is 6.42. The van der Waals surface area contributed by atoms with Crippen molar-refractivity contribution >= 4 is 32.6 Å². The van der Waals surface area contributed by atoms with E-state index in [2.05, 4.69) is 24.2 Å². The summed E-state index contributed by atoms with van der Waals surface area (Å²) in [5.41, 5.74) is 3.41. The Hall–Kier alpha value is -2.93. The Morgan fingerprint density at radius 1 is 1.23 bits per heavy atom. The summed E-state index contributed by atoms with van der Waals surface area (Å²) in [6, 6.07) is 9.42. The normalized spacial score (nSPS) is 11.2. The zero-order valence-electron chi connectivity index (χ0n) is 14.6. The number of hydrogen-bond donors (Lipinski definition) is 0. The lowest BCUT2D eigenvalue weighted by molar-refractivity contribution is 0.0974. The third-order valence-electron chi connectivity index (χ3n) is 4.04. The number of rotatable bonds is 4. The molecule has 4 aromatic rings. The number of fused-ring (bicyclic) bond motifs is 1. The smallest absolute Gasteiger partial charge is 0.282 e. The van der Waals surface area contributed by atoms with Crippen LogP contribution >= 0.6 is 11.3 Å². The van der Waals surface area contributed by atoms with Crippen LogP contribution in [0.15, 0.2) is 45.5 Å². The van der Waals surface area contributed by atoms with Gasteiger partial charge in [-0.25, -0.2) is 4.98 Å². The molecule has 0 aliphatic rings. The molecule has 0 N–H and O–H groups in total. The highest BCUT2D eigenvalue weighted by atomic mass is 32.1. The van der Waals surface area contributed by atoms with E-state index in [1.54, 1.807) is 30.2 Å². The van der Waals surface area contributed by atoms with Crippen molar-refractivity contribution < 1.29 is 13.7 Å². The molecule has 3 heterocycles. The van der Waals surface area contributed by atoms with Gasteiger partial charge in [-0.15, -0.1) is 0 Å². The molecule has 0 saturated carbocycles. The van der Waals surface area contributed by atoms with Crippen molar-refractivity contribution in [3.8, 4) is 0 Å². The van der Waals surface area contributed by atoms with Crippen molar-refractivity contribution in [1.82, 2.24) is 10.1 Å². The molecule has 132 valence electrons. The van der Waals surface area contributed by atoms with E-state index in [0.29, 0.717) is 16.7 Å². The standard InChI is InChI=1S/C19H17N3O3S/c1-11-7-12(2)17-16(8-11)26-19(20-17)22(10-14-5-4-6-24-14)18(23)15-9-13(3)25-21-15/h4-9H,10H2,1-3H3. The average Bonchev–Trinajstić information content (AvgIpc) is 3.32. The largest absolute Gasteiger partial charge is 0.467 e. The van der Waals surface area contributed by atoms with E-state index in [9.17, 15) is 4.79 Å². The molecule has 0 saturated heterocycles. The van der Waals surface area contributed by atoms with Crippen molar-refractivity contribution in [2.24, 2.45) is 0 Å². The van der Waals surface area contributed by atoms with E-state index in [1.807, 2.05) is 13.0 Å². The molecule has 7 heteroatoms. The second-order valence-electron chi connectivity index (χ2n) is 6.22. The maximum absolute atomic E-state index is 13.0. The minimum absolute atomic E-state index is 0.251. The van der Waals surface area contributed by atoms with Gasteiger partial charge in [-0.2, -0.15) is 0 Å². The molecule has 4 rings (SSSR count). The van der Waals surface area contributed by atoms with E-state index in [-0.39, 0.29) is 18.1 Å². The molecule has 0 radical (unpaired) electrons. The van der Waals surface area contributed by atoms with Crippen molar-refractivity contribution in [3.05, 3.63) is 64.9 Å². The number of aryl methyl sites for hydroxylation is 3. The molecule has 6 nitrogen and oxygen atoms in total. The van der Waals surface area contributed by atoms with Crippen LogP contribution in [0.25, 0.3) is 10.2 Å². The van der Waals surface area contributed by atoms with Crippen LogP contribution in [0.1, 0.15) is 33.1 Å². The first-order valence-corrected chi connectivity index (χ1v) is 8.98. The molecule has 0 aliphatic carbocycles. The topological polar surface area (TPSA) is 72.4 Å². The summed E-state index contributed by atoms with van der Waals surface area (Å²) in [5, 5.41) is 4.46. The van der Waals surface area contributed by atoms with Gasteiger partial charge >= 0.3 is 0 Å². The minimum Gasteiger partial charge on any atom is -0.467 e. The zero-order valence-corrected chi connectivity index (χ0v) is 15.5. The fourth-order valence-electron chi connectivity index (χ4n) is 2.86. The number of furan rings is 1. The van der Waals surface area contributed by atoms with Gasteiger partial charge in [0.2, 0.25) is 0 Å². The van der Waals surface area contributed by atoms with Crippen LogP contribution in [0.4, 0.5) is 5.13 Å². The molecule has 0 spiro atoms. The molecule has 0 bridgehead atoms. The van der Waals surface area contributed by atoms with Gasteiger partial charge < -0.3 is 8.94 Å². The molecule has 0 atom stereocenters. The Labute approximate surface area is 154 Å². The summed E-state index contributed by atoms with van der Waals surface area (Å²) in [7, 11) is 0. The summed E-state index contributed by atoms with van der Waals surface area (Å²) >= 11 is 1.48. The molecule has 0 aliphatic heterocycles. The number of aromatic nitrogens is 2. The number of nitrogens with zero attached hydrogens (tertiary/aromatic N) is 3. The number of hydrogen-bond acceptors (Lipinski definition) is 6. The van der Waals surface area contributed by atoms with E-state index >= 15 is 0 Å². The minimum atomic E-state index is -0.272. The highest BCUT2D eigenvalue weighted by molar-refractivity contribution is 7.22. The van der Waals surface area contributed by atoms with Crippen molar-refractivity contribution in [3.63, 3.8) is 0 Å². The number of benzene rings is 1. The van der Waals surface area contributed by atoms with Crippen LogP contribution in [0.2, 0.25) is 0 Å². The Morgan fingerprint density at radius 3 is 2.77 bits per heavy atom.